The number of para-hydroxylation sites is 1. The quantitative estimate of drug-likeness (QED) is 0.314. The third kappa shape index (κ3) is 5.11. The van der Waals surface area contributed by atoms with Crippen LogP contribution in [0.4, 0.5) is 5.69 Å². The summed E-state index contributed by atoms with van der Waals surface area (Å²) in [5.41, 5.74) is 2.77. The zero-order chi connectivity index (χ0) is 23.2. The maximum Gasteiger partial charge on any atom is 0.247 e. The van der Waals surface area contributed by atoms with Crippen LogP contribution in [0.5, 0.6) is 11.6 Å². The Bertz CT molecular complexity index is 1120. The van der Waals surface area contributed by atoms with Crippen molar-refractivity contribution in [1.82, 2.24) is 15.2 Å². The van der Waals surface area contributed by atoms with Gasteiger partial charge in [0.05, 0.1) is 12.3 Å². The van der Waals surface area contributed by atoms with E-state index in [1.165, 1.54) is 13.3 Å². The lowest BCUT2D eigenvalue weighted by Gasteiger charge is -2.30. The van der Waals surface area contributed by atoms with Gasteiger partial charge in [-0.3, -0.25) is 9.69 Å². The molecule has 0 bridgehead atoms. The average molecular weight is 465 g/mol. The molecule has 3 aromatic rings. The number of hydrogen-bond acceptors (Lipinski definition) is 7. The van der Waals surface area contributed by atoms with E-state index < -0.39 is 6.23 Å². The molecular weight excluding hydrogens is 436 g/mol. The number of carbonyl (C=O) groups excluding carboxylic acids is 1. The lowest BCUT2D eigenvalue weighted by Crippen LogP contribution is -2.36. The summed E-state index contributed by atoms with van der Waals surface area (Å²) in [4.78, 5) is 19.2. The van der Waals surface area contributed by atoms with Gasteiger partial charge in [0.25, 0.3) is 0 Å². The van der Waals surface area contributed by atoms with E-state index in [4.69, 9.17) is 14.5 Å². The van der Waals surface area contributed by atoms with Crippen molar-refractivity contribution in [2.24, 2.45) is 0 Å². The highest BCUT2D eigenvalue weighted by molar-refractivity contribution is 7.99. The summed E-state index contributed by atoms with van der Waals surface area (Å²) in [6.07, 6.45) is 2.70. The monoisotopic (exact) mass is 464 g/mol. The number of anilines is 1. The molecule has 8 heteroatoms. The molecule has 0 fully saturated rings. The minimum Gasteiger partial charge on any atom is -0.494 e. The number of amides is 1. The SMILES string of the molecule is CCCCCSc1nnc2c(n1)O[C@H](c1cccc(OCC)c1)N(C(C)=O)c1ccccc1-2. The van der Waals surface area contributed by atoms with Crippen molar-refractivity contribution in [3.8, 4) is 22.9 Å². The fourth-order valence-electron chi connectivity index (χ4n) is 3.77. The summed E-state index contributed by atoms with van der Waals surface area (Å²) < 4.78 is 12.1. The van der Waals surface area contributed by atoms with Crippen molar-refractivity contribution in [1.29, 1.82) is 0 Å². The van der Waals surface area contributed by atoms with Crippen molar-refractivity contribution < 1.29 is 14.3 Å². The van der Waals surface area contributed by atoms with Crippen molar-refractivity contribution >= 4 is 23.4 Å². The lowest BCUT2D eigenvalue weighted by molar-refractivity contribution is -0.118. The van der Waals surface area contributed by atoms with Gasteiger partial charge in [0.15, 0.2) is 5.69 Å². The Hall–Kier alpha value is -3.13. The highest BCUT2D eigenvalue weighted by Crippen LogP contribution is 2.43. The summed E-state index contributed by atoms with van der Waals surface area (Å²) in [5, 5.41) is 9.37. The van der Waals surface area contributed by atoms with Crippen LogP contribution in [0.15, 0.2) is 53.7 Å². The predicted molar refractivity (Wildman–Crippen MR) is 130 cm³/mol. The van der Waals surface area contributed by atoms with Crippen LogP contribution >= 0.6 is 11.8 Å². The smallest absolute Gasteiger partial charge is 0.247 e. The zero-order valence-corrected chi connectivity index (χ0v) is 20.0. The van der Waals surface area contributed by atoms with Gasteiger partial charge in [0.2, 0.25) is 23.2 Å². The van der Waals surface area contributed by atoms with E-state index in [1.807, 2.05) is 55.5 Å². The van der Waals surface area contributed by atoms with Gasteiger partial charge in [-0.15, -0.1) is 10.2 Å². The van der Waals surface area contributed by atoms with Crippen LogP contribution in [-0.2, 0) is 4.79 Å². The second-order valence-electron chi connectivity index (χ2n) is 7.69. The number of hydrogen-bond donors (Lipinski definition) is 0. The molecule has 1 aromatic heterocycles. The van der Waals surface area contributed by atoms with E-state index in [0.29, 0.717) is 34.8 Å². The third-order valence-corrected chi connectivity index (χ3v) is 6.21. The molecule has 2 heterocycles. The Morgan fingerprint density at radius 2 is 1.97 bits per heavy atom. The minimum absolute atomic E-state index is 0.149. The van der Waals surface area contributed by atoms with Gasteiger partial charge in [0, 0.05) is 23.8 Å². The van der Waals surface area contributed by atoms with Gasteiger partial charge in [-0.2, -0.15) is 4.98 Å². The molecule has 0 unspecified atom stereocenters. The summed E-state index contributed by atoms with van der Waals surface area (Å²) in [5.74, 6) is 1.85. The molecule has 0 saturated heterocycles. The van der Waals surface area contributed by atoms with Gasteiger partial charge in [-0.1, -0.05) is 61.9 Å². The van der Waals surface area contributed by atoms with Gasteiger partial charge < -0.3 is 9.47 Å². The highest BCUT2D eigenvalue weighted by Gasteiger charge is 2.34. The van der Waals surface area contributed by atoms with Gasteiger partial charge in [-0.25, -0.2) is 0 Å². The fourth-order valence-corrected chi connectivity index (χ4v) is 4.55. The van der Waals surface area contributed by atoms with Crippen molar-refractivity contribution in [3.63, 3.8) is 0 Å². The van der Waals surface area contributed by atoms with E-state index in [0.717, 1.165) is 29.7 Å². The molecule has 1 atom stereocenters. The Morgan fingerprint density at radius 1 is 1.12 bits per heavy atom. The third-order valence-electron chi connectivity index (χ3n) is 5.28. The van der Waals surface area contributed by atoms with E-state index in [1.54, 1.807) is 16.7 Å². The summed E-state index contributed by atoms with van der Waals surface area (Å²) in [7, 11) is 0. The number of ether oxygens (including phenoxy) is 2. The molecule has 172 valence electrons. The number of aromatic nitrogens is 3. The fraction of sp³-hybridized carbons (Fsp3) is 0.360. The molecule has 33 heavy (non-hydrogen) atoms. The van der Waals surface area contributed by atoms with Gasteiger partial charge >= 0.3 is 0 Å². The van der Waals surface area contributed by atoms with Crippen LogP contribution < -0.4 is 14.4 Å². The summed E-state index contributed by atoms with van der Waals surface area (Å²) in [6, 6.07) is 15.2. The van der Waals surface area contributed by atoms with Crippen molar-refractivity contribution in [2.75, 3.05) is 17.3 Å². The number of carbonyl (C=O) groups is 1. The molecule has 0 radical (unpaired) electrons. The van der Waals surface area contributed by atoms with Crippen LogP contribution in [0.2, 0.25) is 0 Å². The Labute approximate surface area is 198 Å². The summed E-state index contributed by atoms with van der Waals surface area (Å²) >= 11 is 1.57. The maximum atomic E-state index is 12.9. The first-order valence-corrected chi connectivity index (χ1v) is 12.3. The molecule has 1 amide bonds. The van der Waals surface area contributed by atoms with Gasteiger partial charge in [0.1, 0.15) is 5.75 Å². The molecule has 1 aliphatic heterocycles. The molecule has 0 N–H and O–H groups in total. The average Bonchev–Trinajstić information content (AvgIpc) is 2.97. The first kappa shape index (κ1) is 23.0. The molecule has 0 spiro atoms. The Kier molecular flexibility index (Phi) is 7.44. The Balaban J connectivity index is 1.79. The molecule has 4 rings (SSSR count). The Morgan fingerprint density at radius 3 is 2.76 bits per heavy atom. The first-order valence-electron chi connectivity index (χ1n) is 11.3. The van der Waals surface area contributed by atoms with Crippen LogP contribution in [0.25, 0.3) is 11.3 Å². The van der Waals surface area contributed by atoms with Crippen LogP contribution in [-0.4, -0.2) is 33.4 Å². The summed E-state index contributed by atoms with van der Waals surface area (Å²) in [6.45, 7) is 6.19. The molecular formula is C25H28N4O3S. The second-order valence-corrected chi connectivity index (χ2v) is 8.75. The number of unbranched alkanes of at least 4 members (excludes halogenated alkanes) is 2. The molecule has 0 aliphatic carbocycles. The van der Waals surface area contributed by atoms with E-state index in [-0.39, 0.29) is 5.91 Å². The van der Waals surface area contributed by atoms with Crippen molar-refractivity contribution in [3.05, 3.63) is 54.1 Å². The highest BCUT2D eigenvalue weighted by atomic mass is 32.2. The van der Waals surface area contributed by atoms with E-state index >= 15 is 0 Å². The topological polar surface area (TPSA) is 77.4 Å². The maximum absolute atomic E-state index is 12.9. The van der Waals surface area contributed by atoms with Crippen LogP contribution in [0.1, 0.15) is 51.8 Å². The minimum atomic E-state index is -0.722. The van der Waals surface area contributed by atoms with Crippen molar-refractivity contribution in [2.45, 2.75) is 51.4 Å². The molecule has 2 aromatic carbocycles. The molecule has 7 nitrogen and oxygen atoms in total. The number of nitrogens with zero attached hydrogens (tertiary/aromatic N) is 4. The lowest BCUT2D eigenvalue weighted by atomic mass is 10.1. The molecule has 1 aliphatic rings. The number of thioether (sulfide) groups is 1. The molecule has 0 saturated carbocycles. The first-order chi connectivity index (χ1) is 16.1. The standard InChI is InChI=1S/C25H28N4O3S/c1-4-6-9-15-33-25-26-23-22(27-28-25)20-13-7-8-14-21(20)29(17(3)30)24(32-23)18-11-10-12-19(16-18)31-5-2/h7-8,10-14,16,24H,4-6,9,15H2,1-3H3/t24-/m1/s1. The normalized spacial score (nSPS) is 14.6. The van der Waals surface area contributed by atoms with E-state index in [2.05, 4.69) is 17.1 Å². The number of fused-ring (bicyclic) bond motifs is 3. The van der Waals surface area contributed by atoms with Crippen LogP contribution in [0, 0.1) is 0 Å². The van der Waals surface area contributed by atoms with Gasteiger partial charge in [-0.05, 0) is 31.5 Å². The van der Waals surface area contributed by atoms with E-state index in [9.17, 15) is 4.79 Å². The number of rotatable bonds is 8. The largest absolute Gasteiger partial charge is 0.494 e. The zero-order valence-electron chi connectivity index (χ0n) is 19.2. The number of benzene rings is 2. The predicted octanol–water partition coefficient (Wildman–Crippen LogP) is 5.66. The van der Waals surface area contributed by atoms with Crippen LogP contribution in [0.3, 0.4) is 0 Å². The second kappa shape index (κ2) is 10.7.